The molecule has 0 bridgehead atoms. The molecule has 7 nitrogen and oxygen atoms in total. The van der Waals surface area contributed by atoms with Crippen LogP contribution in [0, 0.1) is 0 Å². The summed E-state index contributed by atoms with van der Waals surface area (Å²) in [6.45, 7) is 0.204. The third-order valence-corrected chi connectivity index (χ3v) is 4.77. The molecular weight excluding hydrogens is 366 g/mol. The fourth-order valence-corrected chi connectivity index (χ4v) is 3.10. The van der Waals surface area contributed by atoms with E-state index in [1.807, 2.05) is 36.6 Å². The summed E-state index contributed by atoms with van der Waals surface area (Å²) in [6.07, 6.45) is 2.72. The Morgan fingerprint density at radius 1 is 1.07 bits per heavy atom. The van der Waals surface area contributed by atoms with E-state index in [9.17, 15) is 4.79 Å². The Hall–Kier alpha value is -3.00. The van der Waals surface area contributed by atoms with Crippen LogP contribution in [0.5, 0.6) is 11.5 Å². The second-order valence-corrected chi connectivity index (χ2v) is 6.82. The molecule has 138 valence electrons. The zero-order valence-corrected chi connectivity index (χ0v) is 15.4. The van der Waals surface area contributed by atoms with Crippen molar-refractivity contribution in [3.8, 4) is 11.5 Å². The zero-order chi connectivity index (χ0) is 18.6. The Labute approximate surface area is 160 Å². The van der Waals surface area contributed by atoms with Crippen LogP contribution in [0.4, 0.5) is 6.01 Å². The maximum Gasteiger partial charge on any atom is 0.322 e. The number of nitrogens with zero attached hydrogens (tertiary/aromatic N) is 2. The minimum Gasteiger partial charge on any atom is -0.454 e. The molecule has 3 aromatic rings. The van der Waals surface area contributed by atoms with Gasteiger partial charge in [0.05, 0.1) is 12.8 Å². The second-order valence-electron chi connectivity index (χ2n) is 5.94. The summed E-state index contributed by atoms with van der Waals surface area (Å²) in [6, 6.07) is 13.6. The Morgan fingerprint density at radius 2 is 1.85 bits per heavy atom. The van der Waals surface area contributed by atoms with Crippen LogP contribution in [0.25, 0.3) is 0 Å². The summed E-state index contributed by atoms with van der Waals surface area (Å²) in [5.41, 5.74) is 1.88. The van der Waals surface area contributed by atoms with Crippen molar-refractivity contribution in [3.63, 3.8) is 0 Å². The smallest absolute Gasteiger partial charge is 0.322 e. The van der Waals surface area contributed by atoms with Gasteiger partial charge in [-0.25, -0.2) is 0 Å². The van der Waals surface area contributed by atoms with Crippen molar-refractivity contribution in [2.75, 3.05) is 18.4 Å². The number of thioether (sulfide) groups is 1. The van der Waals surface area contributed by atoms with Gasteiger partial charge in [-0.15, -0.1) is 16.9 Å². The van der Waals surface area contributed by atoms with Crippen molar-refractivity contribution in [1.29, 1.82) is 0 Å². The molecule has 1 N–H and O–H groups in total. The second kappa shape index (κ2) is 7.71. The van der Waals surface area contributed by atoms with Gasteiger partial charge in [-0.05, 0) is 41.6 Å². The fraction of sp³-hybridized carbons (Fsp3) is 0.211. The number of anilines is 1. The van der Waals surface area contributed by atoms with Crippen LogP contribution in [-0.4, -0.2) is 29.2 Å². The molecule has 1 aliphatic rings. The fourth-order valence-electron chi connectivity index (χ4n) is 2.69. The summed E-state index contributed by atoms with van der Waals surface area (Å²) in [5.74, 6) is 1.54. The zero-order valence-electron chi connectivity index (χ0n) is 14.6. The molecule has 2 heterocycles. The van der Waals surface area contributed by atoms with Crippen LogP contribution in [0.2, 0.25) is 0 Å². The van der Waals surface area contributed by atoms with Crippen LogP contribution in [-0.2, 0) is 17.6 Å². The van der Waals surface area contributed by atoms with Crippen molar-refractivity contribution >= 4 is 23.7 Å². The summed E-state index contributed by atoms with van der Waals surface area (Å²) in [7, 11) is 0. The van der Waals surface area contributed by atoms with Crippen molar-refractivity contribution in [3.05, 3.63) is 59.5 Å². The number of aromatic nitrogens is 2. The van der Waals surface area contributed by atoms with Crippen LogP contribution in [0.3, 0.4) is 0 Å². The molecule has 2 aromatic carbocycles. The summed E-state index contributed by atoms with van der Waals surface area (Å²) in [5, 5.41) is 10.5. The number of benzene rings is 2. The Balaban J connectivity index is 1.35. The van der Waals surface area contributed by atoms with Crippen molar-refractivity contribution in [1.82, 2.24) is 10.2 Å². The number of carbonyl (C=O) groups is 1. The first-order valence-electron chi connectivity index (χ1n) is 8.33. The highest BCUT2D eigenvalue weighted by atomic mass is 32.2. The molecule has 27 heavy (non-hydrogen) atoms. The molecule has 0 spiro atoms. The largest absolute Gasteiger partial charge is 0.454 e. The van der Waals surface area contributed by atoms with E-state index in [1.54, 1.807) is 23.9 Å². The van der Waals surface area contributed by atoms with E-state index in [0.29, 0.717) is 23.8 Å². The highest BCUT2D eigenvalue weighted by Gasteiger charge is 2.16. The molecule has 0 radical (unpaired) electrons. The lowest BCUT2D eigenvalue weighted by Gasteiger charge is -2.03. The molecule has 8 heteroatoms. The predicted molar refractivity (Wildman–Crippen MR) is 100 cm³/mol. The SMILES string of the molecule is CSc1ccc(Cc2nnc(NC(=O)Cc3ccc4c(c3)OCO4)o2)cc1. The molecule has 1 amide bonds. The number of hydrogen-bond acceptors (Lipinski definition) is 7. The van der Waals surface area contributed by atoms with E-state index in [1.165, 1.54) is 4.90 Å². The highest BCUT2D eigenvalue weighted by molar-refractivity contribution is 7.98. The number of amides is 1. The molecule has 0 saturated heterocycles. The predicted octanol–water partition coefficient (Wildman–Crippen LogP) is 3.29. The van der Waals surface area contributed by atoms with Crippen molar-refractivity contribution in [2.45, 2.75) is 17.7 Å². The quantitative estimate of drug-likeness (QED) is 0.654. The van der Waals surface area contributed by atoms with E-state index in [2.05, 4.69) is 15.5 Å². The van der Waals surface area contributed by atoms with Gasteiger partial charge in [0.2, 0.25) is 18.6 Å². The van der Waals surface area contributed by atoms with Crippen molar-refractivity contribution < 1.29 is 18.7 Å². The maximum absolute atomic E-state index is 12.2. The summed E-state index contributed by atoms with van der Waals surface area (Å²) in [4.78, 5) is 13.4. The van der Waals surface area contributed by atoms with Crippen LogP contribution in [0.15, 0.2) is 51.8 Å². The lowest BCUT2D eigenvalue weighted by Crippen LogP contribution is -2.14. The molecule has 0 aliphatic carbocycles. The first-order chi connectivity index (χ1) is 13.2. The molecule has 0 unspecified atom stereocenters. The van der Waals surface area contributed by atoms with Crippen LogP contribution in [0.1, 0.15) is 17.0 Å². The van der Waals surface area contributed by atoms with Gasteiger partial charge < -0.3 is 13.9 Å². The van der Waals surface area contributed by atoms with E-state index >= 15 is 0 Å². The number of hydrogen-bond donors (Lipinski definition) is 1. The first-order valence-corrected chi connectivity index (χ1v) is 9.56. The number of ether oxygens (including phenoxy) is 2. The summed E-state index contributed by atoms with van der Waals surface area (Å²) >= 11 is 1.69. The monoisotopic (exact) mass is 383 g/mol. The van der Waals surface area contributed by atoms with E-state index in [-0.39, 0.29) is 25.1 Å². The minimum absolute atomic E-state index is 0.0940. The van der Waals surface area contributed by atoms with Crippen LogP contribution >= 0.6 is 11.8 Å². The van der Waals surface area contributed by atoms with Gasteiger partial charge in [0, 0.05) is 4.90 Å². The Bertz CT molecular complexity index is 956. The average molecular weight is 383 g/mol. The van der Waals surface area contributed by atoms with Gasteiger partial charge in [0.1, 0.15) is 0 Å². The van der Waals surface area contributed by atoms with Gasteiger partial charge in [-0.1, -0.05) is 23.3 Å². The first kappa shape index (κ1) is 17.4. The molecule has 1 aromatic heterocycles. The molecule has 0 fully saturated rings. The Kier molecular flexibility index (Phi) is 4.97. The summed E-state index contributed by atoms with van der Waals surface area (Å²) < 4.78 is 16.1. The maximum atomic E-state index is 12.2. The van der Waals surface area contributed by atoms with E-state index in [0.717, 1.165) is 11.1 Å². The normalized spacial score (nSPS) is 12.2. The molecule has 0 saturated carbocycles. The van der Waals surface area contributed by atoms with Crippen LogP contribution < -0.4 is 14.8 Å². The third-order valence-electron chi connectivity index (χ3n) is 4.03. The molecular formula is C19H17N3O4S. The molecule has 1 aliphatic heterocycles. The van der Waals surface area contributed by atoms with E-state index in [4.69, 9.17) is 13.9 Å². The van der Waals surface area contributed by atoms with Gasteiger partial charge in [-0.2, -0.15) is 0 Å². The Morgan fingerprint density at radius 3 is 2.67 bits per heavy atom. The highest BCUT2D eigenvalue weighted by Crippen LogP contribution is 2.32. The molecule has 0 atom stereocenters. The van der Waals surface area contributed by atoms with Gasteiger partial charge in [-0.3, -0.25) is 10.1 Å². The standard InChI is InChI=1S/C19H17N3O4S/c1-27-14-5-2-12(3-6-14)10-18-21-22-19(26-18)20-17(23)9-13-4-7-15-16(8-13)25-11-24-15/h2-8H,9-11H2,1H3,(H,20,22,23). The van der Waals surface area contributed by atoms with Crippen molar-refractivity contribution in [2.24, 2.45) is 0 Å². The number of rotatable bonds is 6. The third kappa shape index (κ3) is 4.22. The average Bonchev–Trinajstić information content (AvgIpc) is 3.31. The van der Waals surface area contributed by atoms with Gasteiger partial charge >= 0.3 is 6.01 Å². The van der Waals surface area contributed by atoms with Gasteiger partial charge in [0.15, 0.2) is 11.5 Å². The molecule has 4 rings (SSSR count). The minimum atomic E-state index is -0.242. The van der Waals surface area contributed by atoms with Gasteiger partial charge in [0.25, 0.3) is 0 Å². The number of nitrogens with one attached hydrogen (secondary N) is 1. The topological polar surface area (TPSA) is 86.5 Å². The number of carbonyl (C=O) groups excluding carboxylic acids is 1. The lowest BCUT2D eigenvalue weighted by atomic mass is 10.1. The number of fused-ring (bicyclic) bond motifs is 1. The lowest BCUT2D eigenvalue weighted by molar-refractivity contribution is -0.115. The van der Waals surface area contributed by atoms with E-state index < -0.39 is 0 Å².